The fourth-order valence-corrected chi connectivity index (χ4v) is 2.27. The predicted molar refractivity (Wildman–Crippen MR) is 65.5 cm³/mol. The molecule has 0 radical (unpaired) electrons. The van der Waals surface area contributed by atoms with Gasteiger partial charge in [0.15, 0.2) is 5.76 Å². The second kappa shape index (κ2) is 5.36. The summed E-state index contributed by atoms with van der Waals surface area (Å²) < 4.78 is 5.32. The zero-order valence-electron chi connectivity index (χ0n) is 10.2. The number of amides is 1. The largest absolute Gasteiger partial charge is 0.455 e. The van der Waals surface area contributed by atoms with E-state index in [4.69, 9.17) is 10.2 Å². The molecule has 0 unspecified atom stereocenters. The second-order valence-electron chi connectivity index (χ2n) is 4.90. The lowest BCUT2D eigenvalue weighted by atomic mass is 9.87. The number of hydrogen-bond donors (Lipinski definition) is 2. The third-order valence-electron chi connectivity index (χ3n) is 3.44. The summed E-state index contributed by atoms with van der Waals surface area (Å²) in [6.07, 6.45) is 4.52. The molecule has 1 aromatic rings. The summed E-state index contributed by atoms with van der Waals surface area (Å²) in [5.41, 5.74) is 5.44. The number of carbonyl (C=O) groups excluding carboxylic acids is 1. The van der Waals surface area contributed by atoms with Crippen LogP contribution in [0, 0.1) is 5.92 Å². The van der Waals surface area contributed by atoms with Gasteiger partial charge in [0.1, 0.15) is 5.76 Å². The quantitative estimate of drug-likeness (QED) is 0.844. The molecule has 0 bridgehead atoms. The van der Waals surface area contributed by atoms with Crippen molar-refractivity contribution >= 4 is 5.91 Å². The van der Waals surface area contributed by atoms with Crippen molar-refractivity contribution < 1.29 is 9.21 Å². The second-order valence-corrected chi connectivity index (χ2v) is 4.90. The molecule has 4 heteroatoms. The Labute approximate surface area is 102 Å². The zero-order chi connectivity index (χ0) is 12.3. The van der Waals surface area contributed by atoms with Crippen molar-refractivity contribution in [1.29, 1.82) is 0 Å². The van der Waals surface area contributed by atoms with Gasteiger partial charge in [-0.25, -0.2) is 0 Å². The number of nitrogens with one attached hydrogen (secondary N) is 1. The van der Waals surface area contributed by atoms with Crippen LogP contribution in [0.3, 0.4) is 0 Å². The third-order valence-corrected chi connectivity index (χ3v) is 3.44. The molecule has 1 saturated carbocycles. The van der Waals surface area contributed by atoms with E-state index in [0.717, 1.165) is 18.8 Å². The molecule has 0 saturated heterocycles. The molecule has 17 heavy (non-hydrogen) atoms. The molecule has 0 aromatic carbocycles. The van der Waals surface area contributed by atoms with Crippen molar-refractivity contribution in [3.05, 3.63) is 23.7 Å². The van der Waals surface area contributed by atoms with Crippen LogP contribution in [-0.4, -0.2) is 11.9 Å². The monoisotopic (exact) mass is 236 g/mol. The van der Waals surface area contributed by atoms with Crippen molar-refractivity contribution in [1.82, 2.24) is 5.32 Å². The van der Waals surface area contributed by atoms with E-state index in [2.05, 4.69) is 12.2 Å². The number of rotatable bonds is 3. The minimum absolute atomic E-state index is 0.121. The lowest BCUT2D eigenvalue weighted by molar-refractivity contribution is 0.0893. The first-order valence-corrected chi connectivity index (χ1v) is 6.28. The van der Waals surface area contributed by atoms with Gasteiger partial charge in [0.05, 0.1) is 6.54 Å². The average molecular weight is 236 g/mol. The minimum atomic E-state index is -0.121. The third kappa shape index (κ3) is 3.09. The highest BCUT2D eigenvalue weighted by Gasteiger charge is 2.21. The van der Waals surface area contributed by atoms with E-state index in [0.29, 0.717) is 24.1 Å². The first-order valence-electron chi connectivity index (χ1n) is 6.28. The highest BCUT2D eigenvalue weighted by atomic mass is 16.4. The standard InChI is InChI=1S/C13H20N2O2/c1-9-2-4-10(5-3-9)15-13(16)12-7-6-11(8-14)17-12/h6-7,9-10H,2-5,8,14H2,1H3,(H,15,16). The molecular weight excluding hydrogens is 216 g/mol. The maximum atomic E-state index is 11.9. The zero-order valence-corrected chi connectivity index (χ0v) is 10.2. The number of hydrogen-bond acceptors (Lipinski definition) is 3. The number of furan rings is 1. The summed E-state index contributed by atoms with van der Waals surface area (Å²) >= 11 is 0. The van der Waals surface area contributed by atoms with Crippen LogP contribution < -0.4 is 11.1 Å². The van der Waals surface area contributed by atoms with Crippen LogP contribution in [0.2, 0.25) is 0 Å². The molecule has 94 valence electrons. The Bertz CT molecular complexity index is 379. The molecule has 0 spiro atoms. The number of carbonyl (C=O) groups is 1. The van der Waals surface area contributed by atoms with E-state index in [-0.39, 0.29) is 5.91 Å². The molecule has 3 N–H and O–H groups in total. The molecule has 1 aromatic heterocycles. The van der Waals surface area contributed by atoms with Gasteiger partial charge in [-0.3, -0.25) is 4.79 Å². The van der Waals surface area contributed by atoms with E-state index in [1.54, 1.807) is 12.1 Å². The van der Waals surface area contributed by atoms with Gasteiger partial charge in [-0.1, -0.05) is 6.92 Å². The minimum Gasteiger partial charge on any atom is -0.455 e. The first kappa shape index (κ1) is 12.2. The van der Waals surface area contributed by atoms with Crippen LogP contribution in [-0.2, 0) is 6.54 Å². The maximum Gasteiger partial charge on any atom is 0.287 e. The SMILES string of the molecule is CC1CCC(NC(=O)c2ccc(CN)o2)CC1. The molecule has 0 atom stereocenters. The van der Waals surface area contributed by atoms with Crippen molar-refractivity contribution in [2.75, 3.05) is 0 Å². The topological polar surface area (TPSA) is 68.3 Å². The van der Waals surface area contributed by atoms with Gasteiger partial charge in [0.2, 0.25) is 0 Å². The Balaban J connectivity index is 1.88. The summed E-state index contributed by atoms with van der Waals surface area (Å²) in [6, 6.07) is 3.73. The van der Waals surface area contributed by atoms with Gasteiger partial charge >= 0.3 is 0 Å². The molecule has 1 fully saturated rings. The van der Waals surface area contributed by atoms with Crippen molar-refractivity contribution in [2.24, 2.45) is 11.7 Å². The van der Waals surface area contributed by atoms with Gasteiger partial charge in [-0.05, 0) is 43.7 Å². The molecule has 1 aliphatic carbocycles. The molecule has 4 nitrogen and oxygen atoms in total. The summed E-state index contributed by atoms with van der Waals surface area (Å²) in [4.78, 5) is 11.9. The van der Waals surface area contributed by atoms with E-state index in [1.807, 2.05) is 0 Å². The molecule has 1 aliphatic rings. The Morgan fingerprint density at radius 2 is 2.12 bits per heavy atom. The van der Waals surface area contributed by atoms with Crippen molar-refractivity contribution in [3.8, 4) is 0 Å². The lowest BCUT2D eigenvalue weighted by Gasteiger charge is -2.26. The Morgan fingerprint density at radius 1 is 1.41 bits per heavy atom. The Morgan fingerprint density at radius 3 is 2.71 bits per heavy atom. The van der Waals surface area contributed by atoms with Crippen LogP contribution in [0.4, 0.5) is 0 Å². The van der Waals surface area contributed by atoms with Gasteiger partial charge in [0, 0.05) is 6.04 Å². The molecule has 2 rings (SSSR count). The first-order chi connectivity index (χ1) is 8.19. The van der Waals surface area contributed by atoms with Crippen molar-refractivity contribution in [3.63, 3.8) is 0 Å². The van der Waals surface area contributed by atoms with E-state index < -0.39 is 0 Å². The van der Waals surface area contributed by atoms with Gasteiger partial charge in [-0.2, -0.15) is 0 Å². The average Bonchev–Trinajstić information content (AvgIpc) is 2.81. The molecule has 1 heterocycles. The Hall–Kier alpha value is -1.29. The summed E-state index contributed by atoms with van der Waals surface area (Å²) in [7, 11) is 0. The maximum absolute atomic E-state index is 11.9. The van der Waals surface area contributed by atoms with E-state index in [1.165, 1.54) is 12.8 Å². The predicted octanol–water partition coefficient (Wildman–Crippen LogP) is 2.05. The fourth-order valence-electron chi connectivity index (χ4n) is 2.27. The van der Waals surface area contributed by atoms with Crippen LogP contribution in [0.5, 0.6) is 0 Å². The van der Waals surface area contributed by atoms with Crippen molar-refractivity contribution in [2.45, 2.75) is 45.2 Å². The van der Waals surface area contributed by atoms with Gasteiger partial charge in [0.25, 0.3) is 5.91 Å². The fraction of sp³-hybridized carbons (Fsp3) is 0.615. The summed E-state index contributed by atoms with van der Waals surface area (Å²) in [5, 5.41) is 3.02. The van der Waals surface area contributed by atoms with Crippen LogP contribution >= 0.6 is 0 Å². The van der Waals surface area contributed by atoms with Crippen LogP contribution in [0.15, 0.2) is 16.5 Å². The number of nitrogens with two attached hydrogens (primary N) is 1. The normalized spacial score (nSPS) is 24.6. The highest BCUT2D eigenvalue weighted by Crippen LogP contribution is 2.23. The summed E-state index contributed by atoms with van der Waals surface area (Å²) in [5.74, 6) is 1.68. The molecular formula is C13H20N2O2. The smallest absolute Gasteiger partial charge is 0.287 e. The lowest BCUT2D eigenvalue weighted by Crippen LogP contribution is -2.37. The molecule has 0 aliphatic heterocycles. The van der Waals surface area contributed by atoms with E-state index >= 15 is 0 Å². The molecule has 1 amide bonds. The van der Waals surface area contributed by atoms with Gasteiger partial charge < -0.3 is 15.5 Å². The van der Waals surface area contributed by atoms with Gasteiger partial charge in [-0.15, -0.1) is 0 Å². The summed E-state index contributed by atoms with van der Waals surface area (Å²) in [6.45, 7) is 2.59. The van der Waals surface area contributed by atoms with Crippen LogP contribution in [0.25, 0.3) is 0 Å². The van der Waals surface area contributed by atoms with Crippen LogP contribution in [0.1, 0.15) is 48.9 Å². The highest BCUT2D eigenvalue weighted by molar-refractivity contribution is 5.91. The van der Waals surface area contributed by atoms with E-state index in [9.17, 15) is 4.79 Å². The Kier molecular flexibility index (Phi) is 3.84.